The molecule has 0 fully saturated rings. The van der Waals surface area contributed by atoms with Crippen LogP contribution in [0.15, 0.2) is 72.8 Å². The van der Waals surface area contributed by atoms with E-state index in [1.807, 2.05) is 6.07 Å². The molecule has 3 aromatic rings. The third kappa shape index (κ3) is 4.79. The molecule has 0 heterocycles. The Labute approximate surface area is 156 Å². The molecule has 0 aliphatic heterocycles. The van der Waals surface area contributed by atoms with Crippen LogP contribution in [0.5, 0.6) is 11.5 Å². The standard InChI is InChI=1S/C22H17FO4/c1-26-20-4-2-3-15(13-20)14-21(24)27-19-11-7-17(8-12-19)22(25)16-5-9-18(23)10-6-16/h2-13H,14H2,1H3. The third-order valence-electron chi connectivity index (χ3n) is 3.94. The van der Waals surface area contributed by atoms with Crippen molar-refractivity contribution in [3.05, 3.63) is 95.3 Å². The van der Waals surface area contributed by atoms with Gasteiger partial charge in [0.1, 0.15) is 17.3 Å². The fraction of sp³-hybridized carbons (Fsp3) is 0.0909. The van der Waals surface area contributed by atoms with Gasteiger partial charge in [-0.1, -0.05) is 12.1 Å². The maximum Gasteiger partial charge on any atom is 0.315 e. The summed E-state index contributed by atoms with van der Waals surface area (Å²) in [4.78, 5) is 24.4. The van der Waals surface area contributed by atoms with E-state index in [-0.39, 0.29) is 12.2 Å². The van der Waals surface area contributed by atoms with Gasteiger partial charge in [0.15, 0.2) is 5.78 Å². The molecule has 3 rings (SSSR count). The monoisotopic (exact) mass is 364 g/mol. The van der Waals surface area contributed by atoms with Gasteiger partial charge in [-0.25, -0.2) is 4.39 Å². The van der Waals surface area contributed by atoms with Gasteiger partial charge < -0.3 is 9.47 Å². The first-order valence-corrected chi connectivity index (χ1v) is 8.29. The number of hydrogen-bond donors (Lipinski definition) is 0. The molecule has 0 radical (unpaired) electrons. The van der Waals surface area contributed by atoms with Crippen molar-refractivity contribution in [2.45, 2.75) is 6.42 Å². The second-order valence-corrected chi connectivity index (χ2v) is 5.86. The van der Waals surface area contributed by atoms with E-state index < -0.39 is 11.8 Å². The van der Waals surface area contributed by atoms with Gasteiger partial charge in [0.2, 0.25) is 0 Å². The number of ether oxygens (including phenoxy) is 2. The Kier molecular flexibility index (Phi) is 5.61. The van der Waals surface area contributed by atoms with Crippen molar-refractivity contribution >= 4 is 11.8 Å². The SMILES string of the molecule is COc1cccc(CC(=O)Oc2ccc(C(=O)c3ccc(F)cc3)cc2)c1. The fourth-order valence-electron chi connectivity index (χ4n) is 2.56. The van der Waals surface area contributed by atoms with E-state index in [1.165, 1.54) is 24.3 Å². The first-order chi connectivity index (χ1) is 13.0. The Hall–Kier alpha value is -3.47. The molecule has 27 heavy (non-hydrogen) atoms. The second kappa shape index (κ2) is 8.27. The summed E-state index contributed by atoms with van der Waals surface area (Å²) < 4.78 is 23.4. The van der Waals surface area contributed by atoms with E-state index in [4.69, 9.17) is 9.47 Å². The summed E-state index contributed by atoms with van der Waals surface area (Å²) in [6.45, 7) is 0. The number of hydrogen-bond acceptors (Lipinski definition) is 4. The lowest BCUT2D eigenvalue weighted by molar-refractivity contribution is -0.133. The first kappa shape index (κ1) is 18.3. The molecule has 0 aliphatic rings. The molecule has 0 saturated carbocycles. The Morgan fingerprint density at radius 2 is 1.48 bits per heavy atom. The summed E-state index contributed by atoms with van der Waals surface area (Å²) in [7, 11) is 1.56. The van der Waals surface area contributed by atoms with E-state index >= 15 is 0 Å². The predicted octanol–water partition coefficient (Wildman–Crippen LogP) is 4.21. The van der Waals surface area contributed by atoms with Crippen LogP contribution in [0.25, 0.3) is 0 Å². The van der Waals surface area contributed by atoms with Crippen molar-refractivity contribution in [1.82, 2.24) is 0 Å². The van der Waals surface area contributed by atoms with Gasteiger partial charge in [-0.15, -0.1) is 0 Å². The highest BCUT2D eigenvalue weighted by atomic mass is 19.1. The Balaban J connectivity index is 1.63. The lowest BCUT2D eigenvalue weighted by Crippen LogP contribution is -2.11. The number of benzene rings is 3. The van der Waals surface area contributed by atoms with E-state index in [0.29, 0.717) is 22.6 Å². The number of esters is 1. The summed E-state index contributed by atoms with van der Waals surface area (Å²) in [6, 6.07) is 18.8. The van der Waals surface area contributed by atoms with Gasteiger partial charge in [-0.3, -0.25) is 9.59 Å². The van der Waals surface area contributed by atoms with E-state index in [2.05, 4.69) is 0 Å². The molecule has 0 bridgehead atoms. The van der Waals surface area contributed by atoms with E-state index in [0.717, 1.165) is 5.56 Å². The van der Waals surface area contributed by atoms with Crippen molar-refractivity contribution in [2.75, 3.05) is 7.11 Å². The normalized spacial score (nSPS) is 10.3. The Morgan fingerprint density at radius 3 is 2.11 bits per heavy atom. The number of ketones is 1. The van der Waals surface area contributed by atoms with Crippen molar-refractivity contribution in [3.63, 3.8) is 0 Å². The molecule has 136 valence electrons. The van der Waals surface area contributed by atoms with Gasteiger partial charge in [0, 0.05) is 11.1 Å². The van der Waals surface area contributed by atoms with Crippen molar-refractivity contribution in [2.24, 2.45) is 0 Å². The molecule has 5 heteroatoms. The van der Waals surface area contributed by atoms with Crippen LogP contribution in [0.3, 0.4) is 0 Å². The fourth-order valence-corrected chi connectivity index (χ4v) is 2.56. The van der Waals surface area contributed by atoms with Crippen LogP contribution in [-0.4, -0.2) is 18.9 Å². The highest BCUT2D eigenvalue weighted by molar-refractivity contribution is 6.09. The van der Waals surface area contributed by atoms with Crippen LogP contribution < -0.4 is 9.47 Å². The van der Waals surface area contributed by atoms with Crippen LogP contribution in [0, 0.1) is 5.82 Å². The second-order valence-electron chi connectivity index (χ2n) is 5.86. The minimum absolute atomic E-state index is 0.105. The average molecular weight is 364 g/mol. The molecule has 4 nitrogen and oxygen atoms in total. The molecule has 0 spiro atoms. The largest absolute Gasteiger partial charge is 0.497 e. The third-order valence-corrected chi connectivity index (χ3v) is 3.94. The van der Waals surface area contributed by atoms with Crippen LogP contribution >= 0.6 is 0 Å². The van der Waals surface area contributed by atoms with Gasteiger partial charge in [0.25, 0.3) is 0 Å². The van der Waals surface area contributed by atoms with Crippen LogP contribution in [-0.2, 0) is 11.2 Å². The molecule has 0 aliphatic carbocycles. The van der Waals surface area contributed by atoms with Crippen LogP contribution in [0.2, 0.25) is 0 Å². The zero-order valence-electron chi connectivity index (χ0n) is 14.6. The quantitative estimate of drug-likeness (QED) is 0.373. The topological polar surface area (TPSA) is 52.6 Å². The summed E-state index contributed by atoms with van der Waals surface area (Å²) in [5.41, 5.74) is 1.59. The van der Waals surface area contributed by atoms with Crippen molar-refractivity contribution in [3.8, 4) is 11.5 Å². The average Bonchev–Trinajstić information content (AvgIpc) is 2.68. The lowest BCUT2D eigenvalue weighted by Gasteiger charge is -2.07. The van der Waals surface area contributed by atoms with E-state index in [9.17, 15) is 14.0 Å². The summed E-state index contributed by atoms with van der Waals surface area (Å²) in [5, 5.41) is 0. The molecule has 0 saturated heterocycles. The molecular weight excluding hydrogens is 347 g/mol. The van der Waals surface area contributed by atoms with Gasteiger partial charge >= 0.3 is 5.97 Å². The number of methoxy groups -OCH3 is 1. The highest BCUT2D eigenvalue weighted by Gasteiger charge is 2.11. The van der Waals surface area contributed by atoms with Crippen molar-refractivity contribution in [1.29, 1.82) is 0 Å². The summed E-state index contributed by atoms with van der Waals surface area (Å²) >= 11 is 0. The Bertz CT molecular complexity index is 947. The molecule has 0 N–H and O–H groups in total. The lowest BCUT2D eigenvalue weighted by atomic mass is 10.0. The Morgan fingerprint density at radius 1 is 0.852 bits per heavy atom. The molecule has 0 amide bonds. The van der Waals surface area contributed by atoms with Crippen molar-refractivity contribution < 1.29 is 23.5 Å². The minimum atomic E-state index is -0.416. The minimum Gasteiger partial charge on any atom is -0.497 e. The van der Waals surface area contributed by atoms with E-state index in [1.54, 1.807) is 49.6 Å². The zero-order chi connectivity index (χ0) is 19.2. The molecule has 0 aromatic heterocycles. The number of carbonyl (C=O) groups excluding carboxylic acids is 2. The summed E-state index contributed by atoms with van der Waals surface area (Å²) in [6.07, 6.45) is 0.105. The molecular formula is C22H17FO4. The first-order valence-electron chi connectivity index (χ1n) is 8.29. The van der Waals surface area contributed by atoms with Crippen LogP contribution in [0.1, 0.15) is 21.5 Å². The van der Waals surface area contributed by atoms with Gasteiger partial charge in [-0.05, 0) is 66.2 Å². The maximum atomic E-state index is 13.0. The smallest absolute Gasteiger partial charge is 0.315 e. The molecule has 0 unspecified atom stereocenters. The molecule has 0 atom stereocenters. The molecule has 3 aromatic carbocycles. The zero-order valence-corrected chi connectivity index (χ0v) is 14.6. The predicted molar refractivity (Wildman–Crippen MR) is 98.6 cm³/mol. The van der Waals surface area contributed by atoms with Gasteiger partial charge in [0.05, 0.1) is 13.5 Å². The van der Waals surface area contributed by atoms with Gasteiger partial charge in [-0.2, -0.15) is 0 Å². The highest BCUT2D eigenvalue weighted by Crippen LogP contribution is 2.18. The number of carbonyl (C=O) groups is 2. The van der Waals surface area contributed by atoms with Crippen LogP contribution in [0.4, 0.5) is 4.39 Å². The number of halogens is 1. The number of rotatable bonds is 6. The summed E-state index contributed by atoms with van der Waals surface area (Å²) in [5.74, 6) is -0.0301. The maximum absolute atomic E-state index is 13.0.